The zero-order valence-corrected chi connectivity index (χ0v) is 10.1. The second-order valence-corrected chi connectivity index (χ2v) is 3.96. The highest BCUT2D eigenvalue weighted by molar-refractivity contribution is 5.79. The van der Waals surface area contributed by atoms with Crippen molar-refractivity contribution in [1.82, 2.24) is 4.98 Å². The third kappa shape index (κ3) is 3.04. The number of primary amides is 1. The summed E-state index contributed by atoms with van der Waals surface area (Å²) >= 11 is 0. The lowest BCUT2D eigenvalue weighted by molar-refractivity contribution is -0.116. The smallest absolute Gasteiger partial charge is 0.237 e. The minimum atomic E-state index is -0.915. The first-order chi connectivity index (χ1) is 8.36. The lowest BCUT2D eigenvalue weighted by atomic mass is 10.3. The van der Waals surface area contributed by atoms with Crippen LogP contribution in [0.15, 0.2) is 6.07 Å². The molecule has 0 unspecified atom stereocenters. The maximum atomic E-state index is 13.7. The summed E-state index contributed by atoms with van der Waals surface area (Å²) in [5.41, 5.74) is 7.09. The fourth-order valence-corrected chi connectivity index (χ4v) is 1.43. The van der Waals surface area contributed by atoms with Gasteiger partial charge in [0.25, 0.3) is 0 Å². The molecule has 0 atom stereocenters. The van der Waals surface area contributed by atoms with Crippen LogP contribution in [0, 0.1) is 11.6 Å². The fourth-order valence-electron chi connectivity index (χ4n) is 1.43. The Hall–Kier alpha value is -1.96. The molecule has 5 N–H and O–H groups in total. The van der Waals surface area contributed by atoms with Crippen LogP contribution in [0.4, 0.5) is 20.4 Å². The van der Waals surface area contributed by atoms with E-state index in [4.69, 9.17) is 11.6 Å². The van der Waals surface area contributed by atoms with Crippen molar-refractivity contribution < 1.29 is 13.6 Å². The van der Waals surface area contributed by atoms with Crippen LogP contribution in [0.3, 0.4) is 0 Å². The number of amides is 1. The number of rotatable bonds is 5. The summed E-state index contributed by atoms with van der Waals surface area (Å²) in [5.74, 6) is 2.13. The van der Waals surface area contributed by atoms with E-state index in [0.717, 1.165) is 0 Å². The fraction of sp³-hybridized carbons (Fsp3) is 0.400. The van der Waals surface area contributed by atoms with Crippen LogP contribution < -0.4 is 21.9 Å². The van der Waals surface area contributed by atoms with Gasteiger partial charge in [0.1, 0.15) is 0 Å². The first kappa shape index (κ1) is 14.1. The molecule has 0 saturated carbocycles. The monoisotopic (exact) mass is 259 g/mol. The van der Waals surface area contributed by atoms with Crippen molar-refractivity contribution in [2.45, 2.75) is 19.9 Å². The average molecular weight is 259 g/mol. The average Bonchev–Trinajstić information content (AvgIpc) is 2.26. The van der Waals surface area contributed by atoms with Gasteiger partial charge in [-0.2, -0.15) is 0 Å². The van der Waals surface area contributed by atoms with Crippen LogP contribution in [0.1, 0.15) is 13.8 Å². The van der Waals surface area contributed by atoms with Crippen molar-refractivity contribution in [3.8, 4) is 0 Å². The zero-order chi connectivity index (χ0) is 13.9. The Morgan fingerprint density at radius 2 is 2.11 bits per heavy atom. The summed E-state index contributed by atoms with van der Waals surface area (Å²) in [6.45, 7) is 3.23. The van der Waals surface area contributed by atoms with Gasteiger partial charge in [-0.25, -0.2) is 19.6 Å². The van der Waals surface area contributed by atoms with Crippen LogP contribution in [0.25, 0.3) is 0 Å². The van der Waals surface area contributed by atoms with Gasteiger partial charge >= 0.3 is 0 Å². The predicted molar refractivity (Wildman–Crippen MR) is 63.6 cm³/mol. The summed E-state index contributed by atoms with van der Waals surface area (Å²) < 4.78 is 26.9. The SMILES string of the molecule is CC(C)N(CC(N)=O)c1nc(NN)c(F)cc1F. The number of hydrogen-bond donors (Lipinski definition) is 3. The Morgan fingerprint density at radius 1 is 1.50 bits per heavy atom. The molecule has 1 aromatic rings. The van der Waals surface area contributed by atoms with Crippen LogP contribution in [-0.4, -0.2) is 23.5 Å². The molecule has 0 bridgehead atoms. The molecule has 0 aliphatic rings. The molecule has 0 aliphatic carbocycles. The number of nitrogen functional groups attached to an aromatic ring is 1. The molecular weight excluding hydrogens is 244 g/mol. The lowest BCUT2D eigenvalue weighted by Crippen LogP contribution is -2.39. The van der Waals surface area contributed by atoms with Gasteiger partial charge in [-0.3, -0.25) is 4.79 Å². The molecule has 1 rings (SSSR count). The highest BCUT2D eigenvalue weighted by Gasteiger charge is 2.21. The molecule has 6 nitrogen and oxygen atoms in total. The van der Waals surface area contributed by atoms with Crippen LogP contribution in [0.2, 0.25) is 0 Å². The number of nitrogens with two attached hydrogens (primary N) is 2. The molecular formula is C10H15F2N5O. The summed E-state index contributed by atoms with van der Waals surface area (Å²) in [6.07, 6.45) is 0. The van der Waals surface area contributed by atoms with E-state index >= 15 is 0 Å². The van der Waals surface area contributed by atoms with E-state index in [1.165, 1.54) is 4.90 Å². The second kappa shape index (κ2) is 5.58. The summed E-state index contributed by atoms with van der Waals surface area (Å²) in [6, 6.07) is 0.407. The summed E-state index contributed by atoms with van der Waals surface area (Å²) in [7, 11) is 0. The number of anilines is 2. The molecule has 0 spiro atoms. The van der Waals surface area contributed by atoms with Crippen LogP contribution in [0.5, 0.6) is 0 Å². The highest BCUT2D eigenvalue weighted by atomic mass is 19.1. The van der Waals surface area contributed by atoms with E-state index in [1.54, 1.807) is 13.8 Å². The van der Waals surface area contributed by atoms with Crippen LogP contribution in [-0.2, 0) is 4.79 Å². The van der Waals surface area contributed by atoms with E-state index in [1.807, 2.05) is 5.43 Å². The molecule has 8 heteroatoms. The standard InChI is InChI=1S/C10H15F2N5O/c1-5(2)17(4-8(13)18)10-7(12)3-6(11)9(15-10)16-14/h3,5H,4,14H2,1-2H3,(H2,13,18)(H,15,16). The van der Waals surface area contributed by atoms with Gasteiger partial charge in [-0.1, -0.05) is 0 Å². The molecule has 100 valence electrons. The third-order valence-electron chi connectivity index (χ3n) is 2.27. The minimum Gasteiger partial charge on any atom is -0.368 e. The molecule has 1 aromatic heterocycles. The van der Waals surface area contributed by atoms with Gasteiger partial charge in [-0.15, -0.1) is 0 Å². The Kier molecular flexibility index (Phi) is 4.38. The van der Waals surface area contributed by atoms with E-state index in [9.17, 15) is 13.6 Å². The third-order valence-corrected chi connectivity index (χ3v) is 2.27. The number of halogens is 2. The number of hydrogen-bond acceptors (Lipinski definition) is 5. The number of nitrogens with zero attached hydrogens (tertiary/aromatic N) is 2. The number of aromatic nitrogens is 1. The van der Waals surface area contributed by atoms with E-state index in [-0.39, 0.29) is 24.2 Å². The molecule has 1 amide bonds. The van der Waals surface area contributed by atoms with Crippen LogP contribution >= 0.6 is 0 Å². The van der Waals surface area contributed by atoms with Gasteiger partial charge in [0.15, 0.2) is 23.3 Å². The number of carbonyl (C=O) groups excluding carboxylic acids is 1. The number of pyridine rings is 1. The molecule has 1 heterocycles. The van der Waals surface area contributed by atoms with Gasteiger partial charge in [0.05, 0.1) is 6.54 Å². The second-order valence-electron chi connectivity index (χ2n) is 3.96. The quantitative estimate of drug-likeness (QED) is 0.523. The number of carbonyl (C=O) groups is 1. The minimum absolute atomic E-state index is 0.182. The predicted octanol–water partition coefficient (Wildman–Crippen LogP) is 0.346. The van der Waals surface area contributed by atoms with Gasteiger partial charge in [-0.05, 0) is 13.8 Å². The number of hydrazine groups is 1. The Balaban J connectivity index is 3.22. The first-order valence-electron chi connectivity index (χ1n) is 5.24. The van der Waals surface area contributed by atoms with Gasteiger partial charge in [0, 0.05) is 12.1 Å². The Morgan fingerprint density at radius 3 is 2.56 bits per heavy atom. The summed E-state index contributed by atoms with van der Waals surface area (Å²) in [4.78, 5) is 16.0. The normalized spacial score (nSPS) is 10.6. The first-order valence-corrected chi connectivity index (χ1v) is 5.24. The van der Waals surface area contributed by atoms with E-state index in [2.05, 4.69) is 4.98 Å². The molecule has 0 aliphatic heterocycles. The maximum absolute atomic E-state index is 13.7. The van der Waals surface area contributed by atoms with E-state index in [0.29, 0.717) is 6.07 Å². The van der Waals surface area contributed by atoms with Gasteiger partial charge < -0.3 is 16.1 Å². The molecule has 0 aromatic carbocycles. The molecule has 0 saturated heterocycles. The Bertz CT molecular complexity index is 452. The van der Waals surface area contributed by atoms with E-state index < -0.39 is 17.5 Å². The topological polar surface area (TPSA) is 97.3 Å². The van der Waals surface area contributed by atoms with Crippen molar-refractivity contribution in [2.24, 2.45) is 11.6 Å². The largest absolute Gasteiger partial charge is 0.368 e. The molecule has 18 heavy (non-hydrogen) atoms. The van der Waals surface area contributed by atoms with Gasteiger partial charge in [0.2, 0.25) is 5.91 Å². The van der Waals surface area contributed by atoms with Crippen molar-refractivity contribution in [3.05, 3.63) is 17.7 Å². The van der Waals surface area contributed by atoms with Crippen molar-refractivity contribution in [3.63, 3.8) is 0 Å². The maximum Gasteiger partial charge on any atom is 0.237 e. The Labute approximate surface area is 103 Å². The molecule has 0 radical (unpaired) electrons. The molecule has 0 fully saturated rings. The summed E-state index contributed by atoms with van der Waals surface area (Å²) in [5, 5.41) is 0. The van der Waals surface area contributed by atoms with Crippen molar-refractivity contribution in [2.75, 3.05) is 16.9 Å². The number of nitrogens with one attached hydrogen (secondary N) is 1. The lowest BCUT2D eigenvalue weighted by Gasteiger charge is -2.27. The van der Waals surface area contributed by atoms with Crippen molar-refractivity contribution in [1.29, 1.82) is 0 Å². The highest BCUT2D eigenvalue weighted by Crippen LogP contribution is 2.23. The zero-order valence-electron chi connectivity index (χ0n) is 10.1. The van der Waals surface area contributed by atoms with Crippen molar-refractivity contribution >= 4 is 17.5 Å².